The van der Waals surface area contributed by atoms with Gasteiger partial charge in [-0.3, -0.25) is 0 Å². The van der Waals surface area contributed by atoms with Gasteiger partial charge in [-0.15, -0.1) is 0 Å². The van der Waals surface area contributed by atoms with Crippen molar-refractivity contribution in [2.45, 2.75) is 5.41 Å². The van der Waals surface area contributed by atoms with Crippen LogP contribution >= 0.6 is 0 Å². The van der Waals surface area contributed by atoms with Gasteiger partial charge in [0.2, 0.25) is 0 Å². The van der Waals surface area contributed by atoms with Crippen molar-refractivity contribution in [3.63, 3.8) is 0 Å². The molecule has 0 unspecified atom stereocenters. The van der Waals surface area contributed by atoms with Gasteiger partial charge < -0.3 is 15.3 Å². The molecule has 3 N–H and O–H groups in total. The molecule has 0 saturated carbocycles. The molecule has 4 aromatic carbocycles. The first kappa shape index (κ1) is 18.0. The molecule has 0 aromatic heterocycles. The van der Waals surface area contributed by atoms with Gasteiger partial charge in [0.1, 0.15) is 11.5 Å². The molecule has 0 atom stereocenters. The molecule has 1 aliphatic rings. The number of aromatic hydroxyl groups is 2. The molecular formula is C26H18O4. The summed E-state index contributed by atoms with van der Waals surface area (Å²) in [6, 6.07) is 27.2. The lowest BCUT2D eigenvalue weighted by atomic mass is 9.67. The fraction of sp³-hybridized carbons (Fsp3) is 0.0385. The van der Waals surface area contributed by atoms with Crippen molar-refractivity contribution in [2.75, 3.05) is 0 Å². The number of carboxylic acids is 1. The number of fused-ring (bicyclic) bond motifs is 3. The van der Waals surface area contributed by atoms with Crippen LogP contribution in [0.3, 0.4) is 0 Å². The molecule has 0 bridgehead atoms. The van der Waals surface area contributed by atoms with Crippen molar-refractivity contribution < 1.29 is 20.1 Å². The van der Waals surface area contributed by atoms with E-state index in [0.717, 1.165) is 27.8 Å². The zero-order valence-corrected chi connectivity index (χ0v) is 15.9. The number of aromatic carboxylic acids is 1. The summed E-state index contributed by atoms with van der Waals surface area (Å²) in [5.74, 6) is -0.662. The van der Waals surface area contributed by atoms with E-state index in [1.54, 1.807) is 36.4 Å². The zero-order chi connectivity index (χ0) is 20.9. The van der Waals surface area contributed by atoms with Crippen LogP contribution in [-0.4, -0.2) is 21.3 Å². The maximum absolute atomic E-state index is 12.1. The average molecular weight is 394 g/mol. The second kappa shape index (κ2) is 6.49. The first-order valence-electron chi connectivity index (χ1n) is 9.59. The SMILES string of the molecule is O=C(O)c1cccc2c1-c1ccccc1C2(c1ccc(O)cc1)c1ccc(O)cc1. The van der Waals surface area contributed by atoms with Crippen molar-refractivity contribution in [2.24, 2.45) is 0 Å². The molecule has 30 heavy (non-hydrogen) atoms. The Morgan fingerprint density at radius 1 is 0.633 bits per heavy atom. The summed E-state index contributed by atoms with van der Waals surface area (Å²) in [7, 11) is 0. The minimum atomic E-state index is -0.978. The second-order valence-electron chi connectivity index (χ2n) is 7.42. The molecule has 0 spiro atoms. The molecule has 1 aliphatic carbocycles. The minimum absolute atomic E-state index is 0.158. The van der Waals surface area contributed by atoms with Crippen molar-refractivity contribution in [1.82, 2.24) is 0 Å². The summed E-state index contributed by atoms with van der Waals surface area (Å²) in [4.78, 5) is 12.1. The molecule has 0 saturated heterocycles. The maximum Gasteiger partial charge on any atom is 0.336 e. The summed E-state index contributed by atoms with van der Waals surface area (Å²) in [6.07, 6.45) is 0. The number of hydrogen-bond acceptors (Lipinski definition) is 3. The van der Waals surface area contributed by atoms with Crippen LogP contribution in [0.2, 0.25) is 0 Å². The van der Waals surface area contributed by atoms with Crippen LogP contribution in [0.1, 0.15) is 32.6 Å². The van der Waals surface area contributed by atoms with Gasteiger partial charge in [0.25, 0.3) is 0 Å². The molecule has 0 aliphatic heterocycles. The van der Waals surface area contributed by atoms with Gasteiger partial charge in [-0.25, -0.2) is 4.79 Å². The van der Waals surface area contributed by atoms with Crippen LogP contribution in [0, 0.1) is 0 Å². The van der Waals surface area contributed by atoms with E-state index in [2.05, 4.69) is 0 Å². The Hall–Kier alpha value is -4.05. The molecule has 4 nitrogen and oxygen atoms in total. The van der Waals surface area contributed by atoms with E-state index in [4.69, 9.17) is 0 Å². The number of rotatable bonds is 3. The maximum atomic E-state index is 12.1. The highest BCUT2D eigenvalue weighted by Crippen LogP contribution is 2.57. The second-order valence-corrected chi connectivity index (χ2v) is 7.42. The fourth-order valence-electron chi connectivity index (χ4n) is 4.72. The Morgan fingerprint density at radius 2 is 1.17 bits per heavy atom. The van der Waals surface area contributed by atoms with Crippen LogP contribution in [0.4, 0.5) is 0 Å². The standard InChI is InChI=1S/C26H18O4/c27-18-12-8-16(9-13-18)26(17-10-14-19(28)15-11-17)22-6-2-1-4-20(22)24-21(25(29)30)5-3-7-23(24)26/h1-15,27-28H,(H,29,30). The van der Waals surface area contributed by atoms with Gasteiger partial charge in [0.05, 0.1) is 11.0 Å². The van der Waals surface area contributed by atoms with Crippen molar-refractivity contribution >= 4 is 5.97 Å². The van der Waals surface area contributed by atoms with E-state index in [1.165, 1.54) is 0 Å². The van der Waals surface area contributed by atoms with Crippen LogP contribution in [0.5, 0.6) is 11.5 Å². The number of benzene rings is 4. The van der Waals surface area contributed by atoms with E-state index < -0.39 is 11.4 Å². The smallest absolute Gasteiger partial charge is 0.336 e. The van der Waals surface area contributed by atoms with Gasteiger partial charge in [0, 0.05) is 5.56 Å². The third kappa shape index (κ3) is 2.37. The minimum Gasteiger partial charge on any atom is -0.508 e. The largest absolute Gasteiger partial charge is 0.508 e. The normalized spacial score (nSPS) is 13.5. The number of carboxylic acid groups (broad SMARTS) is 1. The molecule has 0 radical (unpaired) electrons. The van der Waals surface area contributed by atoms with Gasteiger partial charge in [-0.2, -0.15) is 0 Å². The van der Waals surface area contributed by atoms with Gasteiger partial charge >= 0.3 is 5.97 Å². The number of phenolic OH excluding ortho intramolecular Hbond substituents is 2. The monoisotopic (exact) mass is 394 g/mol. The van der Waals surface area contributed by atoms with Crippen molar-refractivity contribution in [1.29, 1.82) is 0 Å². The molecule has 5 rings (SSSR count). The van der Waals surface area contributed by atoms with Gasteiger partial charge in [-0.05, 0) is 58.1 Å². The van der Waals surface area contributed by atoms with E-state index in [1.807, 2.05) is 54.6 Å². The van der Waals surface area contributed by atoms with Crippen LogP contribution in [0.25, 0.3) is 11.1 Å². The molecule has 0 heterocycles. The third-order valence-electron chi connectivity index (χ3n) is 5.90. The lowest BCUT2D eigenvalue weighted by molar-refractivity contribution is 0.0697. The number of carbonyl (C=O) groups is 1. The Morgan fingerprint density at radius 3 is 1.73 bits per heavy atom. The summed E-state index contributed by atoms with van der Waals surface area (Å²) >= 11 is 0. The quantitative estimate of drug-likeness (QED) is 0.395. The highest BCUT2D eigenvalue weighted by atomic mass is 16.4. The number of phenols is 2. The summed E-state index contributed by atoms with van der Waals surface area (Å²) in [5.41, 5.74) is 4.66. The predicted molar refractivity (Wildman–Crippen MR) is 114 cm³/mol. The zero-order valence-electron chi connectivity index (χ0n) is 15.9. The lowest BCUT2D eigenvalue weighted by Gasteiger charge is -2.34. The van der Waals surface area contributed by atoms with E-state index >= 15 is 0 Å². The van der Waals surface area contributed by atoms with Crippen molar-refractivity contribution in [3.05, 3.63) is 119 Å². The topological polar surface area (TPSA) is 77.8 Å². The van der Waals surface area contributed by atoms with Crippen LogP contribution in [-0.2, 0) is 5.41 Å². The molecule has 146 valence electrons. The lowest BCUT2D eigenvalue weighted by Crippen LogP contribution is -2.28. The first-order chi connectivity index (χ1) is 14.5. The van der Waals surface area contributed by atoms with Crippen molar-refractivity contribution in [3.8, 4) is 22.6 Å². The predicted octanol–water partition coefficient (Wildman–Crippen LogP) is 5.16. The first-order valence-corrected chi connectivity index (χ1v) is 9.59. The van der Waals surface area contributed by atoms with Crippen LogP contribution < -0.4 is 0 Å². The van der Waals surface area contributed by atoms with Gasteiger partial charge in [0.15, 0.2) is 0 Å². The Kier molecular flexibility index (Phi) is 3.90. The summed E-state index contributed by atoms with van der Waals surface area (Å²) < 4.78 is 0. The third-order valence-corrected chi connectivity index (χ3v) is 5.90. The fourth-order valence-corrected chi connectivity index (χ4v) is 4.72. The molecule has 4 aromatic rings. The van der Waals surface area contributed by atoms with Gasteiger partial charge in [-0.1, -0.05) is 60.7 Å². The highest BCUT2D eigenvalue weighted by Gasteiger charge is 2.47. The Labute approximate surface area is 173 Å². The molecular weight excluding hydrogens is 376 g/mol. The van der Waals surface area contributed by atoms with Crippen LogP contribution in [0.15, 0.2) is 91.0 Å². The molecule has 0 amide bonds. The molecule has 0 fully saturated rings. The van der Waals surface area contributed by atoms with E-state index in [0.29, 0.717) is 5.56 Å². The Balaban J connectivity index is 1.98. The Bertz CT molecular complexity index is 1230. The summed E-state index contributed by atoms with van der Waals surface area (Å²) in [5, 5.41) is 29.7. The highest BCUT2D eigenvalue weighted by molar-refractivity contribution is 6.01. The van der Waals surface area contributed by atoms with E-state index in [-0.39, 0.29) is 17.1 Å². The molecule has 4 heteroatoms. The average Bonchev–Trinajstić information content (AvgIpc) is 3.06. The summed E-state index contributed by atoms with van der Waals surface area (Å²) in [6.45, 7) is 0. The number of hydrogen-bond donors (Lipinski definition) is 3. The van der Waals surface area contributed by atoms with E-state index in [9.17, 15) is 20.1 Å².